The van der Waals surface area contributed by atoms with Crippen molar-refractivity contribution in [3.63, 3.8) is 0 Å². The molecule has 19 heavy (non-hydrogen) atoms. The van der Waals surface area contributed by atoms with E-state index in [1.165, 1.54) is 43.4 Å². The third-order valence-electron chi connectivity index (χ3n) is 4.05. The Bertz CT molecular complexity index is 381. The molecule has 0 heterocycles. The van der Waals surface area contributed by atoms with Gasteiger partial charge in [0.1, 0.15) is 0 Å². The molecular weight excluding hydrogens is 230 g/mol. The minimum absolute atomic E-state index is 0.262. The molecule has 1 aliphatic rings. The van der Waals surface area contributed by atoms with Gasteiger partial charge in [-0.2, -0.15) is 0 Å². The molecule has 1 aromatic rings. The zero-order valence-electron chi connectivity index (χ0n) is 13.0. The molecule has 0 amide bonds. The Balaban J connectivity index is 1.77. The first-order valence-electron chi connectivity index (χ1n) is 7.78. The minimum Gasteiger partial charge on any atom is -0.314 e. The van der Waals surface area contributed by atoms with Crippen molar-refractivity contribution in [1.29, 1.82) is 0 Å². The van der Waals surface area contributed by atoms with Gasteiger partial charge in [-0.1, -0.05) is 52.0 Å². The van der Waals surface area contributed by atoms with Crippen molar-refractivity contribution < 1.29 is 0 Å². The molecule has 1 aliphatic carbocycles. The van der Waals surface area contributed by atoms with E-state index in [0.717, 1.165) is 12.0 Å². The monoisotopic (exact) mass is 259 g/mol. The average molecular weight is 259 g/mol. The second-order valence-corrected chi connectivity index (χ2v) is 7.27. The normalized spacial score (nSPS) is 17.5. The summed E-state index contributed by atoms with van der Waals surface area (Å²) in [6.07, 6.45) is 5.28. The molecule has 0 radical (unpaired) electrons. The predicted octanol–water partition coefficient (Wildman–Crippen LogP) is 4.30. The quantitative estimate of drug-likeness (QED) is 0.803. The minimum atomic E-state index is 0.262. The Kier molecular flexibility index (Phi) is 4.67. The van der Waals surface area contributed by atoms with Crippen LogP contribution in [0.2, 0.25) is 0 Å². The van der Waals surface area contributed by atoms with Crippen LogP contribution >= 0.6 is 0 Å². The lowest BCUT2D eigenvalue weighted by molar-refractivity contribution is 0.497. The van der Waals surface area contributed by atoms with Crippen LogP contribution in [0.5, 0.6) is 0 Å². The molecule has 1 aromatic carbocycles. The molecule has 1 N–H and O–H groups in total. The van der Waals surface area contributed by atoms with E-state index >= 15 is 0 Å². The second-order valence-electron chi connectivity index (χ2n) is 7.27. The van der Waals surface area contributed by atoms with Gasteiger partial charge in [-0.25, -0.2) is 0 Å². The Hall–Kier alpha value is -0.820. The highest BCUT2D eigenvalue weighted by molar-refractivity contribution is 5.27. The Morgan fingerprint density at radius 3 is 2.32 bits per heavy atom. The topological polar surface area (TPSA) is 12.0 Å². The summed E-state index contributed by atoms with van der Waals surface area (Å²) in [6, 6.07) is 10.1. The highest BCUT2D eigenvalue weighted by Crippen LogP contribution is 2.23. The first-order chi connectivity index (χ1) is 8.95. The fraction of sp³-hybridized carbons (Fsp3) is 0.667. The molecule has 1 atom stereocenters. The van der Waals surface area contributed by atoms with Gasteiger partial charge in [0.15, 0.2) is 0 Å². The van der Waals surface area contributed by atoms with Crippen LogP contribution in [0.3, 0.4) is 0 Å². The summed E-state index contributed by atoms with van der Waals surface area (Å²) in [5.41, 5.74) is 3.17. The van der Waals surface area contributed by atoms with Crippen molar-refractivity contribution in [3.8, 4) is 0 Å². The van der Waals surface area contributed by atoms with Gasteiger partial charge in [0.25, 0.3) is 0 Å². The summed E-state index contributed by atoms with van der Waals surface area (Å²) in [7, 11) is 0. The fourth-order valence-electron chi connectivity index (χ4n) is 2.47. The van der Waals surface area contributed by atoms with Crippen LogP contribution in [0.1, 0.15) is 58.1 Å². The van der Waals surface area contributed by atoms with Crippen molar-refractivity contribution in [2.75, 3.05) is 6.54 Å². The Morgan fingerprint density at radius 2 is 1.79 bits per heavy atom. The SMILES string of the molecule is CC(CCNC1CC1)Cc1ccc(C(C)(C)C)cc1. The van der Waals surface area contributed by atoms with E-state index in [2.05, 4.69) is 57.3 Å². The largest absolute Gasteiger partial charge is 0.314 e. The van der Waals surface area contributed by atoms with E-state index < -0.39 is 0 Å². The second kappa shape index (κ2) is 6.09. The maximum absolute atomic E-state index is 3.60. The predicted molar refractivity (Wildman–Crippen MR) is 83.7 cm³/mol. The zero-order valence-corrected chi connectivity index (χ0v) is 13.0. The van der Waals surface area contributed by atoms with E-state index in [4.69, 9.17) is 0 Å². The molecule has 0 aromatic heterocycles. The molecule has 0 spiro atoms. The number of hydrogen-bond donors (Lipinski definition) is 1. The Labute approximate surface area is 118 Å². The standard InChI is InChI=1S/C18H29N/c1-14(11-12-19-17-9-10-17)13-15-5-7-16(8-6-15)18(2,3)4/h5-8,14,17,19H,9-13H2,1-4H3. The van der Waals surface area contributed by atoms with E-state index in [1.54, 1.807) is 0 Å². The van der Waals surface area contributed by atoms with E-state index in [9.17, 15) is 0 Å². The van der Waals surface area contributed by atoms with Gasteiger partial charge in [0.05, 0.1) is 0 Å². The number of benzene rings is 1. The van der Waals surface area contributed by atoms with Crippen LogP contribution in [-0.4, -0.2) is 12.6 Å². The lowest BCUT2D eigenvalue weighted by Gasteiger charge is -2.19. The van der Waals surface area contributed by atoms with Crippen LogP contribution in [0.25, 0.3) is 0 Å². The highest BCUT2D eigenvalue weighted by atomic mass is 14.9. The van der Waals surface area contributed by atoms with Crippen LogP contribution in [-0.2, 0) is 11.8 Å². The molecule has 2 rings (SSSR count). The fourth-order valence-corrected chi connectivity index (χ4v) is 2.47. The van der Waals surface area contributed by atoms with Crippen LogP contribution in [0.4, 0.5) is 0 Å². The number of rotatable bonds is 6. The van der Waals surface area contributed by atoms with Gasteiger partial charge in [0.2, 0.25) is 0 Å². The molecule has 0 saturated heterocycles. The van der Waals surface area contributed by atoms with Gasteiger partial charge in [-0.05, 0) is 54.7 Å². The van der Waals surface area contributed by atoms with Gasteiger partial charge >= 0.3 is 0 Å². The van der Waals surface area contributed by atoms with E-state index in [1.807, 2.05) is 0 Å². The first-order valence-corrected chi connectivity index (χ1v) is 7.78. The summed E-state index contributed by atoms with van der Waals surface area (Å²) in [5, 5.41) is 3.60. The Morgan fingerprint density at radius 1 is 1.16 bits per heavy atom. The third kappa shape index (κ3) is 4.99. The summed E-state index contributed by atoms with van der Waals surface area (Å²) in [5.74, 6) is 0.770. The van der Waals surface area contributed by atoms with E-state index in [-0.39, 0.29) is 5.41 Å². The highest BCUT2D eigenvalue weighted by Gasteiger charge is 2.20. The summed E-state index contributed by atoms with van der Waals surface area (Å²) in [6.45, 7) is 10.4. The molecule has 1 fully saturated rings. The van der Waals surface area contributed by atoms with Crippen molar-refractivity contribution >= 4 is 0 Å². The number of nitrogens with one attached hydrogen (secondary N) is 1. The van der Waals surface area contributed by atoms with Crippen molar-refractivity contribution in [2.24, 2.45) is 5.92 Å². The molecule has 0 bridgehead atoms. The molecule has 1 saturated carbocycles. The van der Waals surface area contributed by atoms with Gasteiger partial charge in [-0.15, -0.1) is 0 Å². The molecule has 106 valence electrons. The smallest absolute Gasteiger partial charge is 0.00682 e. The number of hydrogen-bond acceptors (Lipinski definition) is 1. The summed E-state index contributed by atoms with van der Waals surface area (Å²) in [4.78, 5) is 0. The lowest BCUT2D eigenvalue weighted by atomic mass is 9.86. The molecular formula is C18H29N. The zero-order chi connectivity index (χ0) is 13.9. The van der Waals surface area contributed by atoms with Gasteiger partial charge < -0.3 is 5.32 Å². The van der Waals surface area contributed by atoms with Crippen molar-refractivity contribution in [1.82, 2.24) is 5.32 Å². The maximum Gasteiger partial charge on any atom is 0.00682 e. The molecule has 0 aliphatic heterocycles. The van der Waals surface area contributed by atoms with Gasteiger partial charge in [-0.3, -0.25) is 0 Å². The van der Waals surface area contributed by atoms with Crippen LogP contribution in [0, 0.1) is 5.92 Å². The third-order valence-corrected chi connectivity index (χ3v) is 4.05. The average Bonchev–Trinajstić information content (AvgIpc) is 3.12. The lowest BCUT2D eigenvalue weighted by Crippen LogP contribution is -2.20. The van der Waals surface area contributed by atoms with Crippen molar-refractivity contribution in [3.05, 3.63) is 35.4 Å². The van der Waals surface area contributed by atoms with E-state index in [0.29, 0.717) is 0 Å². The molecule has 1 heteroatoms. The summed E-state index contributed by atoms with van der Waals surface area (Å²) >= 11 is 0. The van der Waals surface area contributed by atoms with Crippen LogP contribution in [0.15, 0.2) is 24.3 Å². The summed E-state index contributed by atoms with van der Waals surface area (Å²) < 4.78 is 0. The molecule has 1 unspecified atom stereocenters. The van der Waals surface area contributed by atoms with Crippen molar-refractivity contribution in [2.45, 2.75) is 64.8 Å². The van der Waals surface area contributed by atoms with Crippen LogP contribution < -0.4 is 5.32 Å². The van der Waals surface area contributed by atoms with Gasteiger partial charge in [0, 0.05) is 6.04 Å². The maximum atomic E-state index is 3.60. The molecule has 1 nitrogen and oxygen atoms in total. The first kappa shape index (κ1) is 14.6.